The third-order valence-electron chi connectivity index (χ3n) is 3.87. The topological polar surface area (TPSA) is 82.3 Å². The van der Waals surface area contributed by atoms with Crippen LogP contribution in [-0.4, -0.2) is 24.0 Å². The van der Waals surface area contributed by atoms with Gasteiger partial charge in [-0.1, -0.05) is 18.2 Å². The molecule has 1 unspecified atom stereocenters. The zero-order valence-electron chi connectivity index (χ0n) is 14.1. The molecule has 25 heavy (non-hydrogen) atoms. The first kappa shape index (κ1) is 16.8. The van der Waals surface area contributed by atoms with Crippen molar-refractivity contribution in [2.24, 2.45) is 0 Å². The van der Waals surface area contributed by atoms with Gasteiger partial charge < -0.3 is 21.3 Å². The van der Waals surface area contributed by atoms with Crippen molar-refractivity contribution in [2.45, 2.75) is 31.8 Å². The second-order valence-electron chi connectivity index (χ2n) is 6.17. The molecule has 1 saturated carbocycles. The highest BCUT2D eigenvalue weighted by atomic mass is 16.2. The summed E-state index contributed by atoms with van der Waals surface area (Å²) in [6.07, 6.45) is 2.11. The van der Waals surface area contributed by atoms with Crippen LogP contribution < -0.4 is 21.3 Å². The summed E-state index contributed by atoms with van der Waals surface area (Å²) in [6.45, 7) is 1.80. The second kappa shape index (κ2) is 7.70. The van der Waals surface area contributed by atoms with E-state index in [-0.39, 0.29) is 11.9 Å². The van der Waals surface area contributed by atoms with Crippen LogP contribution >= 0.6 is 0 Å². The zero-order chi connectivity index (χ0) is 17.6. The highest BCUT2D eigenvalue weighted by Gasteiger charge is 2.23. The molecule has 0 heterocycles. The van der Waals surface area contributed by atoms with E-state index in [9.17, 15) is 9.59 Å². The lowest BCUT2D eigenvalue weighted by molar-refractivity contribution is -0.116. The SMILES string of the molecule is CC(Nc1ccc(NC(=O)NC2CC2)cc1)C(=O)Nc1ccccc1. The minimum atomic E-state index is -0.391. The lowest BCUT2D eigenvalue weighted by atomic mass is 10.2. The molecule has 0 spiro atoms. The van der Waals surface area contributed by atoms with Gasteiger partial charge in [-0.15, -0.1) is 0 Å². The molecule has 2 aromatic rings. The number of anilines is 3. The maximum absolute atomic E-state index is 12.2. The summed E-state index contributed by atoms with van der Waals surface area (Å²) in [5, 5.41) is 11.7. The summed E-state index contributed by atoms with van der Waals surface area (Å²) in [4.78, 5) is 23.9. The summed E-state index contributed by atoms with van der Waals surface area (Å²) in [7, 11) is 0. The molecular weight excluding hydrogens is 316 g/mol. The lowest BCUT2D eigenvalue weighted by Crippen LogP contribution is -2.32. The van der Waals surface area contributed by atoms with Gasteiger partial charge in [-0.2, -0.15) is 0 Å². The molecule has 2 aromatic carbocycles. The Balaban J connectivity index is 1.49. The van der Waals surface area contributed by atoms with Gasteiger partial charge in [-0.25, -0.2) is 4.79 Å². The number of benzene rings is 2. The lowest BCUT2D eigenvalue weighted by Gasteiger charge is -2.16. The fourth-order valence-corrected chi connectivity index (χ4v) is 2.32. The van der Waals surface area contributed by atoms with Crippen LogP contribution in [0.2, 0.25) is 0 Å². The molecule has 0 radical (unpaired) electrons. The quantitative estimate of drug-likeness (QED) is 0.651. The van der Waals surface area contributed by atoms with E-state index in [0.717, 1.165) is 24.2 Å². The molecule has 1 aliphatic carbocycles. The molecule has 1 fully saturated rings. The van der Waals surface area contributed by atoms with Crippen molar-refractivity contribution in [1.29, 1.82) is 0 Å². The van der Waals surface area contributed by atoms with E-state index in [1.807, 2.05) is 42.5 Å². The van der Waals surface area contributed by atoms with Gasteiger partial charge in [0.2, 0.25) is 5.91 Å². The van der Waals surface area contributed by atoms with E-state index in [4.69, 9.17) is 0 Å². The van der Waals surface area contributed by atoms with E-state index in [1.165, 1.54) is 0 Å². The Morgan fingerprint density at radius 2 is 1.48 bits per heavy atom. The Hall–Kier alpha value is -3.02. The van der Waals surface area contributed by atoms with E-state index in [1.54, 1.807) is 19.1 Å². The highest BCUT2D eigenvalue weighted by molar-refractivity contribution is 5.96. The Morgan fingerprint density at radius 1 is 0.880 bits per heavy atom. The van der Waals surface area contributed by atoms with Crippen molar-refractivity contribution >= 4 is 29.0 Å². The number of hydrogen-bond acceptors (Lipinski definition) is 3. The van der Waals surface area contributed by atoms with E-state index < -0.39 is 6.04 Å². The number of nitrogens with one attached hydrogen (secondary N) is 4. The van der Waals surface area contributed by atoms with E-state index in [2.05, 4.69) is 21.3 Å². The van der Waals surface area contributed by atoms with Gasteiger partial charge in [-0.3, -0.25) is 4.79 Å². The first-order valence-corrected chi connectivity index (χ1v) is 8.40. The van der Waals surface area contributed by atoms with E-state index >= 15 is 0 Å². The first-order chi connectivity index (χ1) is 12.1. The summed E-state index contributed by atoms with van der Waals surface area (Å²) < 4.78 is 0. The fraction of sp³-hybridized carbons (Fsp3) is 0.263. The summed E-state index contributed by atoms with van der Waals surface area (Å²) in [5.41, 5.74) is 2.29. The third-order valence-corrected chi connectivity index (χ3v) is 3.87. The molecule has 6 heteroatoms. The number of amides is 3. The minimum Gasteiger partial charge on any atom is -0.374 e. The van der Waals surface area contributed by atoms with Crippen LogP contribution in [-0.2, 0) is 4.79 Å². The second-order valence-corrected chi connectivity index (χ2v) is 6.17. The van der Waals surface area contributed by atoms with Crippen molar-refractivity contribution < 1.29 is 9.59 Å². The Morgan fingerprint density at radius 3 is 2.12 bits per heavy atom. The molecular formula is C19H22N4O2. The number of urea groups is 1. The number of carbonyl (C=O) groups excluding carboxylic acids is 2. The number of carbonyl (C=O) groups is 2. The predicted molar refractivity (Wildman–Crippen MR) is 99.8 cm³/mol. The molecule has 0 saturated heterocycles. The summed E-state index contributed by atoms with van der Waals surface area (Å²) >= 11 is 0. The van der Waals surface area contributed by atoms with E-state index in [0.29, 0.717) is 11.7 Å². The number of hydrogen-bond donors (Lipinski definition) is 4. The Kier molecular flexibility index (Phi) is 5.18. The van der Waals surface area contributed by atoms with Gasteiger partial charge in [-0.05, 0) is 56.2 Å². The average molecular weight is 338 g/mol. The standard InChI is InChI=1S/C19H22N4O2/c1-13(18(24)21-14-5-3-2-4-6-14)20-15-7-9-16(10-8-15)22-19(25)23-17-11-12-17/h2-10,13,17,20H,11-12H2,1H3,(H,21,24)(H2,22,23,25). The number of para-hydroxylation sites is 1. The third kappa shape index (κ3) is 5.24. The largest absolute Gasteiger partial charge is 0.374 e. The fourth-order valence-electron chi connectivity index (χ4n) is 2.32. The molecule has 6 nitrogen and oxygen atoms in total. The van der Waals surface area contributed by atoms with Gasteiger partial charge >= 0.3 is 6.03 Å². The Labute approximate surface area is 147 Å². The van der Waals surface area contributed by atoms with Crippen molar-refractivity contribution in [2.75, 3.05) is 16.0 Å². The molecule has 0 aliphatic heterocycles. The van der Waals surface area contributed by atoms with Gasteiger partial charge in [0.25, 0.3) is 0 Å². The summed E-state index contributed by atoms with van der Waals surface area (Å²) in [6, 6.07) is 16.4. The molecule has 3 amide bonds. The minimum absolute atomic E-state index is 0.114. The number of rotatable bonds is 6. The molecule has 4 N–H and O–H groups in total. The van der Waals surface area contributed by atoms with Crippen LogP contribution in [0.4, 0.5) is 21.9 Å². The van der Waals surface area contributed by atoms with Crippen LogP contribution in [0.15, 0.2) is 54.6 Å². The molecule has 3 rings (SSSR count). The Bertz CT molecular complexity index is 727. The molecule has 130 valence electrons. The van der Waals surface area contributed by atoms with Crippen molar-refractivity contribution in [3.63, 3.8) is 0 Å². The first-order valence-electron chi connectivity index (χ1n) is 8.40. The average Bonchev–Trinajstić information content (AvgIpc) is 3.41. The predicted octanol–water partition coefficient (Wildman–Crippen LogP) is 3.41. The molecule has 0 aromatic heterocycles. The monoisotopic (exact) mass is 338 g/mol. The molecule has 1 atom stereocenters. The van der Waals surface area contributed by atoms with Crippen LogP contribution in [0.5, 0.6) is 0 Å². The van der Waals surface area contributed by atoms with Gasteiger partial charge in [0.05, 0.1) is 0 Å². The van der Waals surface area contributed by atoms with Gasteiger partial charge in [0.15, 0.2) is 0 Å². The molecule has 0 bridgehead atoms. The van der Waals surface area contributed by atoms with Crippen LogP contribution in [0.3, 0.4) is 0 Å². The molecule has 1 aliphatic rings. The maximum atomic E-state index is 12.2. The van der Waals surface area contributed by atoms with Crippen LogP contribution in [0.25, 0.3) is 0 Å². The smallest absolute Gasteiger partial charge is 0.319 e. The normalized spacial score (nSPS) is 14.3. The van der Waals surface area contributed by atoms with Crippen molar-refractivity contribution in [1.82, 2.24) is 5.32 Å². The van der Waals surface area contributed by atoms with Crippen molar-refractivity contribution in [3.8, 4) is 0 Å². The van der Waals surface area contributed by atoms with Crippen LogP contribution in [0.1, 0.15) is 19.8 Å². The highest BCUT2D eigenvalue weighted by Crippen LogP contribution is 2.19. The van der Waals surface area contributed by atoms with Crippen LogP contribution in [0, 0.1) is 0 Å². The van der Waals surface area contributed by atoms with Gasteiger partial charge in [0.1, 0.15) is 6.04 Å². The van der Waals surface area contributed by atoms with Crippen molar-refractivity contribution in [3.05, 3.63) is 54.6 Å². The zero-order valence-corrected chi connectivity index (χ0v) is 14.1. The summed E-state index contributed by atoms with van der Waals surface area (Å²) in [5.74, 6) is -0.114. The maximum Gasteiger partial charge on any atom is 0.319 e. The van der Waals surface area contributed by atoms with Gasteiger partial charge in [0, 0.05) is 23.1 Å².